The fraction of sp³-hybridized carbons (Fsp3) is 0.514. The van der Waals surface area contributed by atoms with Crippen LogP contribution in [0.5, 0.6) is 5.75 Å². The van der Waals surface area contributed by atoms with Crippen molar-refractivity contribution in [1.82, 2.24) is 0 Å². The van der Waals surface area contributed by atoms with E-state index in [4.69, 9.17) is 4.74 Å². The van der Waals surface area contributed by atoms with Gasteiger partial charge in [-0.15, -0.1) is 0 Å². The zero-order chi connectivity index (χ0) is 27.1. The lowest BCUT2D eigenvalue weighted by Gasteiger charge is -2.30. The molecule has 0 saturated heterocycles. The number of benzene rings is 3. The molecule has 38 heavy (non-hydrogen) atoms. The van der Waals surface area contributed by atoms with Gasteiger partial charge in [0.1, 0.15) is 5.75 Å². The van der Waals surface area contributed by atoms with Crippen molar-refractivity contribution in [2.75, 3.05) is 6.61 Å². The van der Waals surface area contributed by atoms with Crippen molar-refractivity contribution >= 4 is 0 Å². The average Bonchev–Trinajstić information content (AvgIpc) is 2.98. The van der Waals surface area contributed by atoms with Crippen LogP contribution in [0.1, 0.15) is 109 Å². The van der Waals surface area contributed by atoms with E-state index in [0.717, 1.165) is 56.3 Å². The lowest BCUT2D eigenvalue weighted by atomic mass is 9.79. The van der Waals surface area contributed by atoms with Gasteiger partial charge in [-0.2, -0.15) is 0 Å². The fourth-order valence-electron chi connectivity index (χ4n) is 6.34. The highest BCUT2D eigenvalue weighted by atomic mass is 16.5. The standard InChI is InChI=1S/C37H50O/c1-7-28-24-33(32-18-16-31(17-19-32)30-14-12-27(6)13-15-30)20-22-35(28)34-21-23-36(29(8-2)25-34)38-26-37(9-3,10-4)11-5/h16-25,27,30H,7-15,26H2,1-6H3. The van der Waals surface area contributed by atoms with E-state index in [9.17, 15) is 0 Å². The molecule has 1 nitrogen and oxygen atoms in total. The van der Waals surface area contributed by atoms with Crippen molar-refractivity contribution in [3.05, 3.63) is 77.4 Å². The molecular formula is C37H50O. The van der Waals surface area contributed by atoms with Gasteiger partial charge < -0.3 is 4.74 Å². The molecule has 0 bridgehead atoms. The minimum absolute atomic E-state index is 0.280. The lowest BCUT2D eigenvalue weighted by Crippen LogP contribution is -2.26. The maximum Gasteiger partial charge on any atom is 0.122 e. The zero-order valence-corrected chi connectivity index (χ0v) is 24.9. The topological polar surface area (TPSA) is 9.23 Å². The second-order valence-corrected chi connectivity index (χ2v) is 11.8. The van der Waals surface area contributed by atoms with Gasteiger partial charge >= 0.3 is 0 Å². The Balaban J connectivity index is 1.54. The summed E-state index contributed by atoms with van der Waals surface area (Å²) in [6.45, 7) is 14.6. The molecular weight excluding hydrogens is 460 g/mol. The Morgan fingerprint density at radius 3 is 1.84 bits per heavy atom. The molecule has 0 atom stereocenters. The molecule has 0 spiro atoms. The summed E-state index contributed by atoms with van der Waals surface area (Å²) < 4.78 is 6.45. The van der Waals surface area contributed by atoms with E-state index < -0.39 is 0 Å². The average molecular weight is 511 g/mol. The summed E-state index contributed by atoms with van der Waals surface area (Å²) >= 11 is 0. The highest BCUT2D eigenvalue weighted by Gasteiger charge is 2.25. The van der Waals surface area contributed by atoms with Crippen LogP contribution in [-0.2, 0) is 12.8 Å². The molecule has 1 aliphatic carbocycles. The second-order valence-electron chi connectivity index (χ2n) is 11.8. The smallest absolute Gasteiger partial charge is 0.122 e. The molecule has 0 amide bonds. The summed E-state index contributed by atoms with van der Waals surface area (Å²) in [5.74, 6) is 2.70. The Hall–Kier alpha value is -2.54. The van der Waals surface area contributed by atoms with Crippen molar-refractivity contribution in [2.45, 2.75) is 105 Å². The molecule has 1 heteroatoms. The van der Waals surface area contributed by atoms with Gasteiger partial charge in [0.05, 0.1) is 6.61 Å². The Bertz CT molecular complexity index is 1150. The Kier molecular flexibility index (Phi) is 9.74. The summed E-state index contributed by atoms with van der Waals surface area (Å²) in [5.41, 5.74) is 9.80. The SMILES string of the molecule is CCc1cc(-c2ccc(-c3ccc(C4CCC(C)CC4)cc3)cc2CC)ccc1OCC(CC)(CC)CC. The molecule has 1 fully saturated rings. The Labute approximate surface area is 233 Å². The first-order valence-electron chi connectivity index (χ1n) is 15.4. The van der Waals surface area contributed by atoms with Gasteiger partial charge in [0.2, 0.25) is 0 Å². The molecule has 1 aliphatic rings. The highest BCUT2D eigenvalue weighted by molar-refractivity contribution is 5.75. The molecule has 3 aromatic rings. The summed E-state index contributed by atoms with van der Waals surface area (Å²) in [6.07, 6.45) is 10.9. The number of rotatable bonds is 11. The van der Waals surface area contributed by atoms with Gasteiger partial charge in [0.25, 0.3) is 0 Å². The van der Waals surface area contributed by atoms with Crippen LogP contribution in [0.15, 0.2) is 60.7 Å². The van der Waals surface area contributed by atoms with E-state index in [0.29, 0.717) is 0 Å². The van der Waals surface area contributed by atoms with E-state index in [-0.39, 0.29) is 5.41 Å². The molecule has 0 aromatic heterocycles. The summed E-state index contributed by atoms with van der Waals surface area (Å²) in [7, 11) is 0. The predicted molar refractivity (Wildman–Crippen MR) is 165 cm³/mol. The zero-order valence-electron chi connectivity index (χ0n) is 24.9. The summed E-state index contributed by atoms with van der Waals surface area (Å²) in [6, 6.07) is 23.3. The van der Waals surface area contributed by atoms with E-state index in [1.165, 1.54) is 64.6 Å². The molecule has 0 N–H and O–H groups in total. The lowest BCUT2D eigenvalue weighted by molar-refractivity contribution is 0.127. The first kappa shape index (κ1) is 28.5. The monoisotopic (exact) mass is 510 g/mol. The van der Waals surface area contributed by atoms with E-state index in [1.54, 1.807) is 0 Å². The third-order valence-corrected chi connectivity index (χ3v) is 9.75. The van der Waals surface area contributed by atoms with Crippen LogP contribution in [0.4, 0.5) is 0 Å². The maximum atomic E-state index is 6.45. The largest absolute Gasteiger partial charge is 0.493 e. The van der Waals surface area contributed by atoms with Crippen LogP contribution in [0.2, 0.25) is 0 Å². The van der Waals surface area contributed by atoms with Crippen LogP contribution in [-0.4, -0.2) is 6.61 Å². The van der Waals surface area contributed by atoms with Crippen molar-refractivity contribution in [1.29, 1.82) is 0 Å². The molecule has 1 saturated carbocycles. The summed E-state index contributed by atoms with van der Waals surface area (Å²) in [4.78, 5) is 0. The fourth-order valence-corrected chi connectivity index (χ4v) is 6.34. The minimum Gasteiger partial charge on any atom is -0.493 e. The van der Waals surface area contributed by atoms with Crippen LogP contribution >= 0.6 is 0 Å². The molecule has 0 radical (unpaired) electrons. The van der Waals surface area contributed by atoms with Crippen LogP contribution in [0, 0.1) is 11.3 Å². The van der Waals surface area contributed by atoms with E-state index in [2.05, 4.69) is 102 Å². The number of hydrogen-bond acceptors (Lipinski definition) is 1. The second kappa shape index (κ2) is 13.0. The first-order chi connectivity index (χ1) is 18.5. The normalized spacial score (nSPS) is 17.9. The van der Waals surface area contributed by atoms with Crippen molar-refractivity contribution in [3.8, 4) is 28.0 Å². The van der Waals surface area contributed by atoms with Gasteiger partial charge in [-0.1, -0.05) is 103 Å². The highest BCUT2D eigenvalue weighted by Crippen LogP contribution is 2.38. The van der Waals surface area contributed by atoms with Crippen LogP contribution in [0.3, 0.4) is 0 Å². The molecule has 4 rings (SSSR count). The Morgan fingerprint density at radius 1 is 0.658 bits per heavy atom. The van der Waals surface area contributed by atoms with Gasteiger partial charge in [-0.25, -0.2) is 0 Å². The summed E-state index contributed by atoms with van der Waals surface area (Å²) in [5, 5.41) is 0. The molecule has 0 unspecified atom stereocenters. The van der Waals surface area contributed by atoms with Gasteiger partial charge in [0.15, 0.2) is 0 Å². The van der Waals surface area contributed by atoms with Crippen LogP contribution in [0.25, 0.3) is 22.3 Å². The van der Waals surface area contributed by atoms with Crippen molar-refractivity contribution in [2.24, 2.45) is 11.3 Å². The molecule has 204 valence electrons. The van der Waals surface area contributed by atoms with Crippen LogP contribution < -0.4 is 4.74 Å². The maximum absolute atomic E-state index is 6.45. The number of ether oxygens (including phenoxy) is 1. The van der Waals surface area contributed by atoms with Crippen molar-refractivity contribution < 1.29 is 4.74 Å². The predicted octanol–water partition coefficient (Wildman–Crippen LogP) is 11.0. The van der Waals surface area contributed by atoms with E-state index in [1.807, 2.05) is 0 Å². The first-order valence-corrected chi connectivity index (χ1v) is 15.4. The van der Waals surface area contributed by atoms with Crippen molar-refractivity contribution in [3.63, 3.8) is 0 Å². The van der Waals surface area contributed by atoms with E-state index >= 15 is 0 Å². The van der Waals surface area contributed by atoms with Gasteiger partial charge in [-0.3, -0.25) is 0 Å². The number of hydrogen-bond donors (Lipinski definition) is 0. The third kappa shape index (κ3) is 6.36. The Morgan fingerprint density at radius 2 is 1.24 bits per heavy atom. The minimum atomic E-state index is 0.280. The number of aryl methyl sites for hydroxylation is 2. The van der Waals surface area contributed by atoms with Gasteiger partial charge in [-0.05, 0) is 108 Å². The van der Waals surface area contributed by atoms with Gasteiger partial charge in [0, 0.05) is 5.41 Å². The molecule has 0 heterocycles. The molecule has 0 aliphatic heterocycles. The molecule has 3 aromatic carbocycles. The quantitative estimate of drug-likeness (QED) is 0.249. The third-order valence-electron chi connectivity index (χ3n) is 9.75.